The molecule has 1 saturated heterocycles. The minimum absolute atomic E-state index is 0.369. The van der Waals surface area contributed by atoms with Gasteiger partial charge in [-0.2, -0.15) is 5.10 Å². The number of hydrogen-bond acceptors (Lipinski definition) is 3. The third kappa shape index (κ3) is 1.97. The second-order valence-electron chi connectivity index (χ2n) is 5.92. The van der Waals surface area contributed by atoms with Crippen LogP contribution in [0.25, 0.3) is 10.9 Å². The standard InChI is InChI=1S/C13H16BClN2O2/c1-12(2)13(3,4)19-14(18-12)10-6-9(15)5-8-7-16-17-11(8)10/h5-7H,1-4H3,(H,16,17). The van der Waals surface area contributed by atoms with E-state index in [0.717, 1.165) is 16.4 Å². The summed E-state index contributed by atoms with van der Waals surface area (Å²) >= 11 is 6.15. The predicted molar refractivity (Wildman–Crippen MR) is 76.8 cm³/mol. The summed E-state index contributed by atoms with van der Waals surface area (Å²) in [5.41, 5.74) is 1.06. The molecule has 0 radical (unpaired) electrons. The van der Waals surface area contributed by atoms with Crippen LogP contribution in [0.4, 0.5) is 0 Å². The molecule has 1 aliphatic rings. The lowest BCUT2D eigenvalue weighted by Gasteiger charge is -2.32. The molecule has 1 aromatic heterocycles. The lowest BCUT2D eigenvalue weighted by Crippen LogP contribution is -2.41. The molecule has 3 rings (SSSR count). The van der Waals surface area contributed by atoms with E-state index in [1.54, 1.807) is 6.20 Å². The second kappa shape index (κ2) is 3.98. The van der Waals surface area contributed by atoms with Crippen LogP contribution in [0.1, 0.15) is 27.7 Å². The zero-order chi connectivity index (χ0) is 13.8. The highest BCUT2D eigenvalue weighted by Crippen LogP contribution is 2.37. The third-order valence-electron chi connectivity index (χ3n) is 4.05. The predicted octanol–water partition coefficient (Wildman–Crippen LogP) is 2.52. The molecular weight excluding hydrogens is 262 g/mol. The van der Waals surface area contributed by atoms with E-state index in [1.807, 2.05) is 39.8 Å². The monoisotopic (exact) mass is 278 g/mol. The highest BCUT2D eigenvalue weighted by Gasteiger charge is 2.52. The SMILES string of the molecule is CC1(C)OB(c2cc(Cl)cc3cn[nH]c23)OC1(C)C. The number of nitrogens with zero attached hydrogens (tertiary/aromatic N) is 1. The van der Waals surface area contributed by atoms with Crippen LogP contribution >= 0.6 is 11.6 Å². The molecule has 19 heavy (non-hydrogen) atoms. The Labute approximate surface area is 117 Å². The van der Waals surface area contributed by atoms with E-state index in [2.05, 4.69) is 10.2 Å². The van der Waals surface area contributed by atoms with Crippen molar-refractivity contribution in [2.24, 2.45) is 0 Å². The van der Waals surface area contributed by atoms with Crippen molar-refractivity contribution < 1.29 is 9.31 Å². The van der Waals surface area contributed by atoms with E-state index < -0.39 is 7.12 Å². The van der Waals surface area contributed by atoms with Crippen molar-refractivity contribution in [1.82, 2.24) is 10.2 Å². The maximum Gasteiger partial charge on any atom is 0.497 e. The van der Waals surface area contributed by atoms with Gasteiger partial charge < -0.3 is 9.31 Å². The molecule has 0 aliphatic carbocycles. The third-order valence-corrected chi connectivity index (χ3v) is 4.27. The van der Waals surface area contributed by atoms with E-state index in [9.17, 15) is 0 Å². The number of fused-ring (bicyclic) bond motifs is 1. The quantitative estimate of drug-likeness (QED) is 0.815. The van der Waals surface area contributed by atoms with Gasteiger partial charge in [0.2, 0.25) is 0 Å². The van der Waals surface area contributed by atoms with E-state index >= 15 is 0 Å². The largest absolute Gasteiger partial charge is 0.497 e. The highest BCUT2D eigenvalue weighted by atomic mass is 35.5. The van der Waals surface area contributed by atoms with Crippen molar-refractivity contribution in [3.63, 3.8) is 0 Å². The van der Waals surface area contributed by atoms with Gasteiger partial charge in [0.1, 0.15) is 0 Å². The average molecular weight is 279 g/mol. The Balaban J connectivity index is 2.09. The number of H-pyrrole nitrogens is 1. The lowest BCUT2D eigenvalue weighted by atomic mass is 9.78. The van der Waals surface area contributed by atoms with Crippen LogP contribution in [0.15, 0.2) is 18.3 Å². The van der Waals surface area contributed by atoms with Gasteiger partial charge in [-0.05, 0) is 39.8 Å². The molecule has 0 spiro atoms. The molecule has 1 fully saturated rings. The molecule has 0 atom stereocenters. The first-order valence-corrected chi connectivity index (χ1v) is 6.66. The Morgan fingerprint density at radius 3 is 2.42 bits per heavy atom. The van der Waals surface area contributed by atoms with Crippen molar-refractivity contribution in [2.75, 3.05) is 0 Å². The zero-order valence-electron chi connectivity index (χ0n) is 11.5. The molecule has 0 amide bonds. The molecule has 1 aromatic carbocycles. The summed E-state index contributed by atoms with van der Waals surface area (Å²) in [5, 5.41) is 8.64. The summed E-state index contributed by atoms with van der Waals surface area (Å²) in [5.74, 6) is 0. The van der Waals surface area contributed by atoms with Gasteiger partial charge in [-0.25, -0.2) is 0 Å². The Hall–Kier alpha value is -1.04. The number of aromatic nitrogens is 2. The van der Waals surface area contributed by atoms with Crippen LogP contribution < -0.4 is 5.46 Å². The topological polar surface area (TPSA) is 47.1 Å². The van der Waals surface area contributed by atoms with Crippen molar-refractivity contribution >= 4 is 35.1 Å². The molecule has 4 nitrogen and oxygen atoms in total. The van der Waals surface area contributed by atoms with E-state index in [4.69, 9.17) is 20.9 Å². The molecule has 2 heterocycles. The first kappa shape index (κ1) is 13.0. The Bertz CT molecular complexity index is 623. The fourth-order valence-electron chi connectivity index (χ4n) is 2.20. The number of halogens is 1. The van der Waals surface area contributed by atoms with Crippen molar-refractivity contribution in [2.45, 2.75) is 38.9 Å². The van der Waals surface area contributed by atoms with Gasteiger partial charge >= 0.3 is 7.12 Å². The van der Waals surface area contributed by atoms with Gasteiger partial charge in [-0.1, -0.05) is 11.6 Å². The maximum absolute atomic E-state index is 6.15. The highest BCUT2D eigenvalue weighted by molar-refractivity contribution is 6.65. The average Bonchev–Trinajstić information content (AvgIpc) is 2.80. The van der Waals surface area contributed by atoms with E-state index in [1.165, 1.54) is 0 Å². The Kier molecular flexibility index (Phi) is 2.72. The summed E-state index contributed by atoms with van der Waals surface area (Å²) < 4.78 is 12.1. The van der Waals surface area contributed by atoms with Crippen LogP contribution in [0, 0.1) is 0 Å². The number of rotatable bonds is 1. The molecule has 0 bridgehead atoms. The van der Waals surface area contributed by atoms with E-state index in [0.29, 0.717) is 5.02 Å². The molecule has 2 aromatic rings. The summed E-state index contributed by atoms with van der Waals surface area (Å²) in [6, 6.07) is 3.74. The summed E-state index contributed by atoms with van der Waals surface area (Å²) in [7, 11) is -0.438. The molecular formula is C13H16BClN2O2. The normalized spacial score (nSPS) is 21.2. The number of nitrogens with one attached hydrogen (secondary N) is 1. The first-order valence-electron chi connectivity index (χ1n) is 6.28. The van der Waals surface area contributed by atoms with Gasteiger partial charge in [0, 0.05) is 15.9 Å². The minimum atomic E-state index is -0.438. The number of aromatic amines is 1. The van der Waals surface area contributed by atoms with Crippen LogP contribution in [0.2, 0.25) is 5.02 Å². The molecule has 0 unspecified atom stereocenters. The molecule has 100 valence electrons. The second-order valence-corrected chi connectivity index (χ2v) is 6.35. The smallest absolute Gasteiger partial charge is 0.399 e. The summed E-state index contributed by atoms with van der Waals surface area (Å²) in [6.07, 6.45) is 1.75. The fraction of sp³-hybridized carbons (Fsp3) is 0.462. The summed E-state index contributed by atoms with van der Waals surface area (Å²) in [4.78, 5) is 0. The maximum atomic E-state index is 6.15. The lowest BCUT2D eigenvalue weighted by molar-refractivity contribution is 0.00578. The van der Waals surface area contributed by atoms with Crippen LogP contribution in [-0.4, -0.2) is 28.5 Å². The van der Waals surface area contributed by atoms with Gasteiger partial charge in [-0.15, -0.1) is 0 Å². The van der Waals surface area contributed by atoms with Crippen molar-refractivity contribution in [1.29, 1.82) is 0 Å². The Morgan fingerprint density at radius 1 is 1.16 bits per heavy atom. The molecule has 0 saturated carbocycles. The van der Waals surface area contributed by atoms with Gasteiger partial charge in [-0.3, -0.25) is 5.10 Å². The Morgan fingerprint density at radius 2 is 1.79 bits per heavy atom. The van der Waals surface area contributed by atoms with Gasteiger partial charge in [0.25, 0.3) is 0 Å². The van der Waals surface area contributed by atoms with Crippen LogP contribution in [0.5, 0.6) is 0 Å². The fourth-order valence-corrected chi connectivity index (χ4v) is 2.44. The molecule has 1 aliphatic heterocycles. The van der Waals surface area contributed by atoms with E-state index in [-0.39, 0.29) is 11.2 Å². The number of hydrogen-bond donors (Lipinski definition) is 1. The van der Waals surface area contributed by atoms with Crippen LogP contribution in [-0.2, 0) is 9.31 Å². The van der Waals surface area contributed by atoms with Crippen molar-refractivity contribution in [3.8, 4) is 0 Å². The van der Waals surface area contributed by atoms with Crippen molar-refractivity contribution in [3.05, 3.63) is 23.4 Å². The molecule has 6 heteroatoms. The van der Waals surface area contributed by atoms with Crippen LogP contribution in [0.3, 0.4) is 0 Å². The zero-order valence-corrected chi connectivity index (χ0v) is 12.2. The van der Waals surface area contributed by atoms with Gasteiger partial charge in [0.05, 0.1) is 22.9 Å². The first-order chi connectivity index (χ1) is 8.80. The molecule has 1 N–H and O–H groups in total. The van der Waals surface area contributed by atoms with Gasteiger partial charge in [0.15, 0.2) is 0 Å². The number of benzene rings is 1. The minimum Gasteiger partial charge on any atom is -0.399 e. The summed E-state index contributed by atoms with van der Waals surface area (Å²) in [6.45, 7) is 8.12.